The number of ether oxygens (including phenoxy) is 2. The number of amides is 3. The minimum atomic E-state index is -3.89. The Balaban J connectivity index is 1.60. The van der Waals surface area contributed by atoms with Gasteiger partial charge in [-0.15, -0.1) is 6.58 Å². The van der Waals surface area contributed by atoms with Crippen LogP contribution in [0.5, 0.6) is 0 Å². The highest BCUT2D eigenvalue weighted by Crippen LogP contribution is 2.45. The number of carbonyl (C=O) groups excluding carboxylic acids is 5. The molecule has 252 valence electrons. The molecule has 1 aromatic rings. The summed E-state index contributed by atoms with van der Waals surface area (Å²) < 4.78 is 38.4. The lowest BCUT2D eigenvalue weighted by molar-refractivity contribution is -0.161. The highest BCUT2D eigenvalue weighted by atomic mass is 32.2. The van der Waals surface area contributed by atoms with Gasteiger partial charge in [-0.3, -0.25) is 23.9 Å². The van der Waals surface area contributed by atoms with Crippen LogP contribution in [0.1, 0.15) is 84.0 Å². The molecule has 1 heterocycles. The fourth-order valence-corrected chi connectivity index (χ4v) is 7.07. The van der Waals surface area contributed by atoms with Gasteiger partial charge in [-0.2, -0.15) is 0 Å². The highest BCUT2D eigenvalue weighted by molar-refractivity contribution is 7.91. The Morgan fingerprint density at radius 1 is 1.07 bits per heavy atom. The van der Waals surface area contributed by atoms with E-state index in [1.807, 2.05) is 0 Å². The van der Waals surface area contributed by atoms with Crippen molar-refractivity contribution < 1.29 is 41.9 Å². The zero-order chi connectivity index (χ0) is 34.2. The molecule has 0 unspecified atom stereocenters. The number of nitrogens with zero attached hydrogens (tertiary/aromatic N) is 1. The second-order valence-corrected chi connectivity index (χ2v) is 16.5. The van der Waals surface area contributed by atoms with Crippen molar-refractivity contribution in [2.75, 3.05) is 6.54 Å². The van der Waals surface area contributed by atoms with Gasteiger partial charge in [0.2, 0.25) is 21.8 Å². The van der Waals surface area contributed by atoms with Gasteiger partial charge in [-0.05, 0) is 57.6 Å². The molecular weight excluding hydrogens is 614 g/mol. The van der Waals surface area contributed by atoms with Crippen molar-refractivity contribution in [2.24, 2.45) is 17.3 Å². The third-order valence-corrected chi connectivity index (χ3v) is 10.3. The lowest BCUT2D eigenvalue weighted by Crippen LogP contribution is -2.57. The fourth-order valence-electron chi connectivity index (χ4n) is 5.70. The molecule has 4 rings (SSSR count). The first kappa shape index (κ1) is 35.1. The van der Waals surface area contributed by atoms with E-state index in [0.717, 1.165) is 0 Å². The van der Waals surface area contributed by atoms with E-state index < -0.39 is 85.5 Å². The van der Waals surface area contributed by atoms with Gasteiger partial charge in [0.1, 0.15) is 23.3 Å². The van der Waals surface area contributed by atoms with Crippen LogP contribution < -0.4 is 10.0 Å². The molecule has 13 heteroatoms. The molecule has 1 aromatic carbocycles. The Morgan fingerprint density at radius 3 is 2.22 bits per heavy atom. The number of carbonyl (C=O) groups is 5. The standard InChI is InChI=1S/C33H45N3O9S/c1-8-21-18-33(21,30(41)35-46(42,43)23-14-15-23)34-27(38)25-16-22(44-29(40)20-12-10-9-11-13-20)19-36(25)28(39)24(31(2,3)4)17-26(37)45-32(5,6)7/h8-13,21-25H,1,14-19H2,2-7H3,(H,34,38)(H,35,41)/t21-,22+,24-,25+,33-/m1/s1. The zero-order valence-corrected chi connectivity index (χ0v) is 28.1. The van der Waals surface area contributed by atoms with E-state index in [1.54, 1.807) is 71.9 Å². The average Bonchev–Trinajstić information content (AvgIpc) is 3.87. The number of hydrogen-bond donors (Lipinski definition) is 2. The van der Waals surface area contributed by atoms with Crippen molar-refractivity contribution in [1.82, 2.24) is 14.9 Å². The molecule has 46 heavy (non-hydrogen) atoms. The van der Waals surface area contributed by atoms with Crippen LogP contribution in [0.4, 0.5) is 0 Å². The number of benzene rings is 1. The monoisotopic (exact) mass is 659 g/mol. The van der Waals surface area contributed by atoms with Crippen molar-refractivity contribution >= 4 is 39.7 Å². The average molecular weight is 660 g/mol. The molecule has 2 N–H and O–H groups in total. The van der Waals surface area contributed by atoms with Gasteiger partial charge in [0, 0.05) is 12.3 Å². The van der Waals surface area contributed by atoms with E-state index in [2.05, 4.69) is 16.6 Å². The Morgan fingerprint density at radius 2 is 1.70 bits per heavy atom. The highest BCUT2D eigenvalue weighted by Gasteiger charge is 2.62. The Hall–Kier alpha value is -3.74. The maximum absolute atomic E-state index is 14.2. The van der Waals surface area contributed by atoms with Crippen LogP contribution in [0.25, 0.3) is 0 Å². The maximum atomic E-state index is 14.2. The third kappa shape index (κ3) is 8.15. The second kappa shape index (κ2) is 12.8. The molecule has 0 aromatic heterocycles. The number of nitrogens with one attached hydrogen (secondary N) is 2. The van der Waals surface area contributed by atoms with E-state index in [1.165, 1.54) is 11.0 Å². The number of hydrogen-bond acceptors (Lipinski definition) is 9. The molecule has 3 fully saturated rings. The van der Waals surface area contributed by atoms with Crippen molar-refractivity contribution in [2.45, 2.75) is 102 Å². The number of sulfonamides is 1. The summed E-state index contributed by atoms with van der Waals surface area (Å²) in [6, 6.07) is 7.10. The molecule has 0 spiro atoms. The molecule has 12 nitrogen and oxygen atoms in total. The predicted octanol–water partition coefficient (Wildman–Crippen LogP) is 2.88. The van der Waals surface area contributed by atoms with Crippen LogP contribution in [-0.2, 0) is 38.7 Å². The molecule has 3 aliphatic rings. The van der Waals surface area contributed by atoms with Crippen LogP contribution in [0.15, 0.2) is 43.0 Å². The van der Waals surface area contributed by atoms with Gasteiger partial charge in [0.05, 0.1) is 29.7 Å². The molecule has 2 saturated carbocycles. The predicted molar refractivity (Wildman–Crippen MR) is 168 cm³/mol. The SMILES string of the molecule is C=C[C@@H]1C[C@]1(NC(=O)[C@@H]1C[C@H](OC(=O)c2ccccc2)CN1C(=O)[C@@H](CC(=O)OC(C)(C)C)C(C)(C)C)C(=O)NS(=O)(=O)C1CC1. The molecule has 5 atom stereocenters. The number of esters is 2. The lowest BCUT2D eigenvalue weighted by Gasteiger charge is -2.35. The van der Waals surface area contributed by atoms with Crippen LogP contribution in [0, 0.1) is 17.3 Å². The van der Waals surface area contributed by atoms with E-state index >= 15 is 0 Å². The molecule has 1 saturated heterocycles. The molecule has 2 aliphatic carbocycles. The van der Waals surface area contributed by atoms with Gasteiger partial charge in [0.25, 0.3) is 5.91 Å². The number of likely N-dealkylation sites (tertiary alicyclic amines) is 1. The van der Waals surface area contributed by atoms with Gasteiger partial charge in [-0.1, -0.05) is 45.0 Å². The van der Waals surface area contributed by atoms with E-state index in [0.29, 0.717) is 18.4 Å². The largest absolute Gasteiger partial charge is 0.460 e. The first-order valence-electron chi connectivity index (χ1n) is 15.6. The van der Waals surface area contributed by atoms with Crippen molar-refractivity contribution in [1.29, 1.82) is 0 Å². The second-order valence-electron chi connectivity index (χ2n) is 14.5. The maximum Gasteiger partial charge on any atom is 0.338 e. The zero-order valence-electron chi connectivity index (χ0n) is 27.3. The van der Waals surface area contributed by atoms with Crippen LogP contribution in [0.3, 0.4) is 0 Å². The van der Waals surface area contributed by atoms with Gasteiger partial charge in [-0.25, -0.2) is 13.2 Å². The van der Waals surface area contributed by atoms with Crippen LogP contribution >= 0.6 is 0 Å². The van der Waals surface area contributed by atoms with E-state index in [-0.39, 0.29) is 25.8 Å². The fraction of sp³-hybridized carbons (Fsp3) is 0.606. The first-order chi connectivity index (χ1) is 21.3. The Kier molecular flexibility index (Phi) is 9.78. The summed E-state index contributed by atoms with van der Waals surface area (Å²) in [5.41, 5.74) is -2.77. The van der Waals surface area contributed by atoms with Crippen molar-refractivity contribution in [3.05, 3.63) is 48.6 Å². The van der Waals surface area contributed by atoms with Crippen LogP contribution in [0.2, 0.25) is 0 Å². The molecule has 1 aliphatic heterocycles. The molecule has 0 radical (unpaired) electrons. The van der Waals surface area contributed by atoms with Crippen molar-refractivity contribution in [3.63, 3.8) is 0 Å². The van der Waals surface area contributed by atoms with Crippen LogP contribution in [-0.4, -0.2) is 78.1 Å². The lowest BCUT2D eigenvalue weighted by atomic mass is 9.77. The minimum Gasteiger partial charge on any atom is -0.460 e. The topological polar surface area (TPSA) is 165 Å². The van der Waals surface area contributed by atoms with Gasteiger partial charge < -0.3 is 19.7 Å². The number of rotatable bonds is 11. The van der Waals surface area contributed by atoms with E-state index in [9.17, 15) is 32.4 Å². The quantitative estimate of drug-likeness (QED) is 0.268. The Labute approximate surface area is 270 Å². The van der Waals surface area contributed by atoms with Gasteiger partial charge in [0.15, 0.2) is 0 Å². The summed E-state index contributed by atoms with van der Waals surface area (Å²) >= 11 is 0. The first-order valence-corrected chi connectivity index (χ1v) is 17.1. The van der Waals surface area contributed by atoms with E-state index in [4.69, 9.17) is 9.47 Å². The summed E-state index contributed by atoms with van der Waals surface area (Å²) in [6.45, 7) is 14.2. The normalized spacial score (nSPS) is 25.2. The smallest absolute Gasteiger partial charge is 0.338 e. The minimum absolute atomic E-state index is 0.0731. The third-order valence-electron chi connectivity index (χ3n) is 8.51. The molecule has 3 amide bonds. The van der Waals surface area contributed by atoms with Gasteiger partial charge >= 0.3 is 11.9 Å². The molecular formula is C33H45N3O9S. The Bertz CT molecular complexity index is 1490. The summed E-state index contributed by atoms with van der Waals surface area (Å²) in [4.78, 5) is 68.6. The summed E-state index contributed by atoms with van der Waals surface area (Å²) in [7, 11) is -3.89. The molecule has 0 bridgehead atoms. The van der Waals surface area contributed by atoms with Crippen molar-refractivity contribution in [3.8, 4) is 0 Å². The summed E-state index contributed by atoms with van der Waals surface area (Å²) in [6.07, 6.45) is 1.32. The summed E-state index contributed by atoms with van der Waals surface area (Å²) in [5.74, 6) is -4.72. The summed E-state index contributed by atoms with van der Waals surface area (Å²) in [5, 5.41) is 2.07.